The molecule has 0 aliphatic carbocycles. The average molecular weight is 229 g/mol. The fourth-order valence-electron chi connectivity index (χ4n) is 1.36. The molecule has 0 aliphatic heterocycles. The van der Waals surface area contributed by atoms with Crippen molar-refractivity contribution in [2.75, 3.05) is 5.32 Å². The van der Waals surface area contributed by atoms with E-state index >= 15 is 0 Å². The summed E-state index contributed by atoms with van der Waals surface area (Å²) in [5, 5.41) is 11.9. The first kappa shape index (κ1) is 11.1. The van der Waals surface area contributed by atoms with E-state index < -0.39 is 5.97 Å². The molecule has 5 nitrogen and oxygen atoms in total. The molecule has 0 bridgehead atoms. The Kier molecular flexibility index (Phi) is 3.30. The summed E-state index contributed by atoms with van der Waals surface area (Å²) in [6.07, 6.45) is 4.90. The molecule has 0 aliphatic rings. The smallest absolute Gasteiger partial charge is 0.354 e. The van der Waals surface area contributed by atoms with Gasteiger partial charge in [-0.25, -0.2) is 9.78 Å². The number of aromatic nitrogens is 2. The highest BCUT2D eigenvalue weighted by Gasteiger charge is 2.04. The zero-order valence-electron chi connectivity index (χ0n) is 9.00. The standard InChI is InChI=1S/C12H11N3O2/c16-12(17)11-7-10(3-6-14-11)15-8-9-1-4-13-5-2-9/h1-7H,8H2,(H,14,15)(H,16,17). The van der Waals surface area contributed by atoms with Crippen molar-refractivity contribution >= 4 is 11.7 Å². The minimum Gasteiger partial charge on any atom is -0.477 e. The first-order valence-electron chi connectivity index (χ1n) is 5.08. The number of aromatic carboxylic acids is 1. The Hall–Kier alpha value is -2.43. The fraction of sp³-hybridized carbons (Fsp3) is 0.0833. The van der Waals surface area contributed by atoms with Crippen LogP contribution in [0.4, 0.5) is 5.69 Å². The van der Waals surface area contributed by atoms with Gasteiger partial charge in [0.1, 0.15) is 5.69 Å². The van der Waals surface area contributed by atoms with Crippen LogP contribution in [-0.4, -0.2) is 21.0 Å². The van der Waals surface area contributed by atoms with Crippen molar-refractivity contribution in [1.29, 1.82) is 0 Å². The lowest BCUT2D eigenvalue weighted by Crippen LogP contribution is -2.03. The molecule has 0 aromatic carbocycles. The van der Waals surface area contributed by atoms with Gasteiger partial charge in [0.15, 0.2) is 0 Å². The van der Waals surface area contributed by atoms with Crippen LogP contribution in [0.2, 0.25) is 0 Å². The highest BCUT2D eigenvalue weighted by Crippen LogP contribution is 2.09. The number of hydrogen-bond donors (Lipinski definition) is 2. The Morgan fingerprint density at radius 2 is 2.00 bits per heavy atom. The highest BCUT2D eigenvalue weighted by atomic mass is 16.4. The van der Waals surface area contributed by atoms with Crippen LogP contribution in [0.15, 0.2) is 42.9 Å². The number of pyridine rings is 2. The molecule has 2 N–H and O–H groups in total. The predicted octanol–water partition coefficient (Wildman–Crippen LogP) is 1.79. The second-order valence-electron chi connectivity index (χ2n) is 3.44. The normalized spacial score (nSPS) is 9.88. The third-order valence-electron chi connectivity index (χ3n) is 2.23. The molecule has 2 aromatic rings. The molecule has 0 saturated heterocycles. The zero-order valence-corrected chi connectivity index (χ0v) is 9.00. The maximum atomic E-state index is 10.7. The van der Waals surface area contributed by atoms with E-state index in [-0.39, 0.29) is 5.69 Å². The van der Waals surface area contributed by atoms with Crippen LogP contribution >= 0.6 is 0 Å². The van der Waals surface area contributed by atoms with Gasteiger partial charge >= 0.3 is 5.97 Å². The maximum absolute atomic E-state index is 10.7. The molecule has 0 atom stereocenters. The second-order valence-corrected chi connectivity index (χ2v) is 3.44. The number of hydrogen-bond acceptors (Lipinski definition) is 4. The van der Waals surface area contributed by atoms with Gasteiger partial charge in [-0.3, -0.25) is 4.98 Å². The number of carboxylic acid groups (broad SMARTS) is 1. The summed E-state index contributed by atoms with van der Waals surface area (Å²) < 4.78 is 0. The van der Waals surface area contributed by atoms with E-state index in [4.69, 9.17) is 5.11 Å². The van der Waals surface area contributed by atoms with Crippen molar-refractivity contribution in [3.63, 3.8) is 0 Å². The Morgan fingerprint density at radius 3 is 2.71 bits per heavy atom. The summed E-state index contributed by atoms with van der Waals surface area (Å²) in [5.41, 5.74) is 1.84. The lowest BCUT2D eigenvalue weighted by molar-refractivity contribution is 0.0690. The number of rotatable bonds is 4. The van der Waals surface area contributed by atoms with E-state index in [1.54, 1.807) is 18.5 Å². The third kappa shape index (κ3) is 3.01. The monoisotopic (exact) mass is 229 g/mol. The average Bonchev–Trinajstić information content (AvgIpc) is 2.38. The Morgan fingerprint density at radius 1 is 1.24 bits per heavy atom. The zero-order chi connectivity index (χ0) is 12.1. The molecular formula is C12H11N3O2. The molecule has 0 saturated carbocycles. The van der Waals surface area contributed by atoms with Crippen LogP contribution in [0.1, 0.15) is 16.1 Å². The van der Waals surface area contributed by atoms with Crippen molar-refractivity contribution < 1.29 is 9.90 Å². The number of nitrogens with one attached hydrogen (secondary N) is 1. The summed E-state index contributed by atoms with van der Waals surface area (Å²) >= 11 is 0. The summed E-state index contributed by atoms with van der Waals surface area (Å²) in [6, 6.07) is 7.02. The van der Waals surface area contributed by atoms with Crippen molar-refractivity contribution in [1.82, 2.24) is 9.97 Å². The number of anilines is 1. The van der Waals surface area contributed by atoms with Gasteiger partial charge in [-0.05, 0) is 29.8 Å². The summed E-state index contributed by atoms with van der Waals surface area (Å²) in [6.45, 7) is 0.617. The topological polar surface area (TPSA) is 75.1 Å². The van der Waals surface area contributed by atoms with Gasteiger partial charge in [-0.15, -0.1) is 0 Å². The largest absolute Gasteiger partial charge is 0.477 e. The van der Waals surface area contributed by atoms with Crippen LogP contribution in [0.5, 0.6) is 0 Å². The SMILES string of the molecule is O=C(O)c1cc(NCc2ccncc2)ccn1. The molecule has 5 heteroatoms. The molecule has 0 radical (unpaired) electrons. The minimum atomic E-state index is -1.03. The second kappa shape index (κ2) is 5.07. The van der Waals surface area contributed by atoms with Crippen molar-refractivity contribution in [2.24, 2.45) is 0 Å². The van der Waals surface area contributed by atoms with Gasteiger partial charge in [0.05, 0.1) is 0 Å². The first-order chi connectivity index (χ1) is 8.25. The van der Waals surface area contributed by atoms with E-state index in [9.17, 15) is 4.79 Å². The van der Waals surface area contributed by atoms with Crippen molar-refractivity contribution in [2.45, 2.75) is 6.54 Å². The summed E-state index contributed by atoms with van der Waals surface area (Å²) in [5.74, 6) is -1.03. The fourth-order valence-corrected chi connectivity index (χ4v) is 1.36. The number of carbonyl (C=O) groups is 1. The van der Waals surface area contributed by atoms with Gasteiger partial charge in [0.2, 0.25) is 0 Å². The molecule has 0 amide bonds. The van der Waals surface area contributed by atoms with Gasteiger partial charge in [-0.1, -0.05) is 0 Å². The molecule has 17 heavy (non-hydrogen) atoms. The van der Waals surface area contributed by atoms with Gasteiger partial charge in [-0.2, -0.15) is 0 Å². The Bertz CT molecular complexity index is 514. The number of nitrogens with zero attached hydrogens (tertiary/aromatic N) is 2. The van der Waals surface area contributed by atoms with Gasteiger partial charge in [0.25, 0.3) is 0 Å². The van der Waals surface area contributed by atoms with Crippen LogP contribution < -0.4 is 5.32 Å². The van der Waals surface area contributed by atoms with Crippen molar-refractivity contribution in [3.05, 3.63) is 54.1 Å². The lowest BCUT2D eigenvalue weighted by atomic mass is 10.2. The van der Waals surface area contributed by atoms with Crippen LogP contribution in [-0.2, 0) is 6.54 Å². The van der Waals surface area contributed by atoms with E-state index in [0.717, 1.165) is 11.3 Å². The molecule has 86 valence electrons. The quantitative estimate of drug-likeness (QED) is 0.835. The molecule has 0 spiro atoms. The van der Waals surface area contributed by atoms with Crippen LogP contribution in [0, 0.1) is 0 Å². The molecule has 2 rings (SSSR count). The van der Waals surface area contributed by atoms with E-state index in [1.807, 2.05) is 12.1 Å². The minimum absolute atomic E-state index is 0.0322. The lowest BCUT2D eigenvalue weighted by Gasteiger charge is -2.06. The van der Waals surface area contributed by atoms with E-state index in [1.165, 1.54) is 12.3 Å². The summed E-state index contributed by atoms with van der Waals surface area (Å²) in [7, 11) is 0. The van der Waals surface area contributed by atoms with E-state index in [0.29, 0.717) is 6.54 Å². The number of carboxylic acids is 1. The Labute approximate surface area is 98.2 Å². The van der Waals surface area contributed by atoms with Crippen LogP contribution in [0.3, 0.4) is 0 Å². The van der Waals surface area contributed by atoms with Crippen LogP contribution in [0.25, 0.3) is 0 Å². The third-order valence-corrected chi connectivity index (χ3v) is 2.23. The molecule has 0 fully saturated rings. The summed E-state index contributed by atoms with van der Waals surface area (Å²) in [4.78, 5) is 18.4. The van der Waals surface area contributed by atoms with Gasteiger partial charge < -0.3 is 10.4 Å². The molecule has 0 unspecified atom stereocenters. The first-order valence-corrected chi connectivity index (χ1v) is 5.08. The predicted molar refractivity (Wildman–Crippen MR) is 62.8 cm³/mol. The molecule has 2 aromatic heterocycles. The maximum Gasteiger partial charge on any atom is 0.354 e. The van der Waals surface area contributed by atoms with Gasteiger partial charge in [0, 0.05) is 30.8 Å². The van der Waals surface area contributed by atoms with E-state index in [2.05, 4.69) is 15.3 Å². The Balaban J connectivity index is 2.04. The molecular weight excluding hydrogens is 218 g/mol. The highest BCUT2D eigenvalue weighted by molar-refractivity contribution is 5.86. The molecule has 2 heterocycles. The van der Waals surface area contributed by atoms with Crippen molar-refractivity contribution in [3.8, 4) is 0 Å².